The molecule has 7 nitrogen and oxygen atoms in total. The van der Waals surface area contributed by atoms with Gasteiger partial charge in [-0.15, -0.1) is 10.2 Å². The van der Waals surface area contributed by atoms with Crippen LogP contribution in [0, 0.1) is 0 Å². The quantitative estimate of drug-likeness (QED) is 0.775. The molecule has 17 heavy (non-hydrogen) atoms. The molecule has 0 spiro atoms. The first-order chi connectivity index (χ1) is 7.96. The van der Waals surface area contributed by atoms with Crippen molar-refractivity contribution in [2.24, 2.45) is 0 Å². The number of sulfone groups is 1. The normalized spacial score (nSPS) is 22.7. The summed E-state index contributed by atoms with van der Waals surface area (Å²) in [4.78, 5) is 10.3. The second-order valence-electron chi connectivity index (χ2n) is 3.69. The number of thioether (sulfide) groups is 1. The molecule has 0 radical (unpaired) electrons. The number of carboxylic acids is 1. The van der Waals surface area contributed by atoms with Crippen molar-refractivity contribution in [1.29, 1.82) is 0 Å². The summed E-state index contributed by atoms with van der Waals surface area (Å²) in [6.45, 7) is 0. The molecule has 1 aliphatic heterocycles. The van der Waals surface area contributed by atoms with Crippen molar-refractivity contribution >= 4 is 27.6 Å². The molecule has 1 aromatic rings. The standard InChI is InChI=1S/C8H10N2O5S2/c11-6(12)3-16-8-10-9-7(15-8)5-1-2-17(13,14)4-5/h5H,1-4H2,(H,11,12). The number of carboxylic acid groups (broad SMARTS) is 1. The predicted molar refractivity (Wildman–Crippen MR) is 58.7 cm³/mol. The molecule has 1 N–H and O–H groups in total. The number of aromatic nitrogens is 2. The molecular formula is C8H10N2O5S2. The van der Waals surface area contributed by atoms with Crippen molar-refractivity contribution in [3.63, 3.8) is 0 Å². The van der Waals surface area contributed by atoms with E-state index in [4.69, 9.17) is 9.52 Å². The summed E-state index contributed by atoms with van der Waals surface area (Å²) >= 11 is 0.919. The van der Waals surface area contributed by atoms with Crippen molar-refractivity contribution in [3.05, 3.63) is 5.89 Å². The van der Waals surface area contributed by atoms with E-state index in [0.717, 1.165) is 11.8 Å². The zero-order chi connectivity index (χ0) is 12.5. The Morgan fingerprint density at radius 3 is 2.88 bits per heavy atom. The Balaban J connectivity index is 2.01. The lowest BCUT2D eigenvalue weighted by atomic mass is 10.1. The minimum absolute atomic E-state index is 0.0260. The van der Waals surface area contributed by atoms with Crippen LogP contribution in [0.2, 0.25) is 0 Å². The maximum absolute atomic E-state index is 11.3. The molecule has 0 bridgehead atoms. The molecule has 0 saturated carbocycles. The first-order valence-corrected chi connectivity index (χ1v) is 7.65. The van der Waals surface area contributed by atoms with Gasteiger partial charge in [-0.2, -0.15) is 0 Å². The van der Waals surface area contributed by atoms with Crippen LogP contribution in [-0.2, 0) is 14.6 Å². The third kappa shape index (κ3) is 3.19. The molecule has 1 saturated heterocycles. The fourth-order valence-electron chi connectivity index (χ4n) is 1.56. The molecular weight excluding hydrogens is 268 g/mol. The lowest BCUT2D eigenvalue weighted by Gasteiger charge is -1.98. The highest BCUT2D eigenvalue weighted by atomic mass is 32.2. The Morgan fingerprint density at radius 2 is 2.29 bits per heavy atom. The highest BCUT2D eigenvalue weighted by Gasteiger charge is 2.32. The molecule has 1 unspecified atom stereocenters. The monoisotopic (exact) mass is 278 g/mol. The van der Waals surface area contributed by atoms with E-state index in [-0.39, 0.29) is 34.3 Å². The summed E-state index contributed by atoms with van der Waals surface area (Å²) in [5.74, 6) is -0.954. The molecule has 1 atom stereocenters. The van der Waals surface area contributed by atoms with Crippen molar-refractivity contribution in [2.75, 3.05) is 17.3 Å². The molecule has 1 fully saturated rings. The Bertz CT molecular complexity index is 524. The molecule has 0 aromatic carbocycles. The number of hydrogen-bond donors (Lipinski definition) is 1. The number of carbonyl (C=O) groups is 1. The third-order valence-electron chi connectivity index (χ3n) is 2.32. The van der Waals surface area contributed by atoms with Gasteiger partial charge in [-0.3, -0.25) is 4.79 Å². The van der Waals surface area contributed by atoms with Crippen LogP contribution in [0.4, 0.5) is 0 Å². The second-order valence-corrected chi connectivity index (χ2v) is 6.84. The lowest BCUT2D eigenvalue weighted by molar-refractivity contribution is -0.133. The summed E-state index contributed by atoms with van der Waals surface area (Å²) < 4.78 is 27.8. The third-order valence-corrected chi connectivity index (χ3v) is 4.89. The van der Waals surface area contributed by atoms with Crippen LogP contribution in [-0.4, -0.2) is 46.9 Å². The van der Waals surface area contributed by atoms with E-state index in [1.807, 2.05) is 0 Å². The van der Waals surface area contributed by atoms with Gasteiger partial charge in [0.15, 0.2) is 9.84 Å². The van der Waals surface area contributed by atoms with Crippen molar-refractivity contribution < 1.29 is 22.7 Å². The van der Waals surface area contributed by atoms with Gasteiger partial charge in [-0.25, -0.2) is 8.42 Å². The Labute approximate surface area is 102 Å². The van der Waals surface area contributed by atoms with E-state index >= 15 is 0 Å². The van der Waals surface area contributed by atoms with Gasteiger partial charge in [0.05, 0.1) is 17.4 Å². The van der Waals surface area contributed by atoms with Crippen LogP contribution < -0.4 is 0 Å². The maximum Gasteiger partial charge on any atom is 0.314 e. The zero-order valence-electron chi connectivity index (χ0n) is 8.70. The number of rotatable bonds is 4. The van der Waals surface area contributed by atoms with Gasteiger partial charge in [-0.1, -0.05) is 11.8 Å². The Morgan fingerprint density at radius 1 is 1.53 bits per heavy atom. The molecule has 0 aliphatic carbocycles. The number of nitrogens with zero attached hydrogens (tertiary/aromatic N) is 2. The van der Waals surface area contributed by atoms with Gasteiger partial charge in [-0.05, 0) is 6.42 Å². The minimum atomic E-state index is -2.99. The fourth-order valence-corrected chi connectivity index (χ4v) is 3.78. The van der Waals surface area contributed by atoms with Crippen LogP contribution in [0.25, 0.3) is 0 Å². The Kier molecular flexibility index (Phi) is 3.38. The highest BCUT2D eigenvalue weighted by Crippen LogP contribution is 2.29. The SMILES string of the molecule is O=C(O)CSc1nnc(C2CCS(=O)(=O)C2)o1. The van der Waals surface area contributed by atoms with E-state index in [1.165, 1.54) is 0 Å². The van der Waals surface area contributed by atoms with E-state index < -0.39 is 15.8 Å². The summed E-state index contributed by atoms with van der Waals surface area (Å²) in [5, 5.41) is 16.0. The Hall–Kier alpha value is -1.09. The van der Waals surface area contributed by atoms with Crippen LogP contribution >= 0.6 is 11.8 Å². The molecule has 1 aliphatic rings. The maximum atomic E-state index is 11.3. The molecule has 1 aromatic heterocycles. The van der Waals surface area contributed by atoms with Gasteiger partial charge in [0.1, 0.15) is 5.75 Å². The predicted octanol–water partition coefficient (Wildman–Crippen LogP) is 0.148. The molecule has 2 heterocycles. The average Bonchev–Trinajstić information content (AvgIpc) is 2.81. The zero-order valence-corrected chi connectivity index (χ0v) is 10.3. The number of aliphatic carboxylic acids is 1. The number of hydrogen-bond acceptors (Lipinski definition) is 7. The summed E-state index contributed by atoms with van der Waals surface area (Å²) in [5.41, 5.74) is 0. The van der Waals surface area contributed by atoms with E-state index in [9.17, 15) is 13.2 Å². The van der Waals surface area contributed by atoms with Gasteiger partial charge in [0, 0.05) is 0 Å². The van der Waals surface area contributed by atoms with Gasteiger partial charge in [0.2, 0.25) is 5.89 Å². The highest BCUT2D eigenvalue weighted by molar-refractivity contribution is 7.99. The van der Waals surface area contributed by atoms with Crippen LogP contribution in [0.5, 0.6) is 0 Å². The van der Waals surface area contributed by atoms with E-state index in [0.29, 0.717) is 6.42 Å². The smallest absolute Gasteiger partial charge is 0.314 e. The topological polar surface area (TPSA) is 110 Å². The fraction of sp³-hybridized carbons (Fsp3) is 0.625. The van der Waals surface area contributed by atoms with Gasteiger partial charge in [0.25, 0.3) is 5.22 Å². The van der Waals surface area contributed by atoms with Crippen LogP contribution in [0.15, 0.2) is 9.64 Å². The summed E-state index contributed by atoms with van der Waals surface area (Å²) in [6.07, 6.45) is 0.480. The second kappa shape index (κ2) is 4.65. The van der Waals surface area contributed by atoms with Crippen molar-refractivity contribution in [2.45, 2.75) is 17.6 Å². The first-order valence-electron chi connectivity index (χ1n) is 4.85. The largest absolute Gasteiger partial charge is 0.481 e. The summed E-state index contributed by atoms with van der Waals surface area (Å²) in [7, 11) is -2.99. The lowest BCUT2D eigenvalue weighted by Crippen LogP contribution is -2.03. The van der Waals surface area contributed by atoms with E-state index in [2.05, 4.69) is 10.2 Å². The van der Waals surface area contributed by atoms with Crippen LogP contribution in [0.1, 0.15) is 18.2 Å². The van der Waals surface area contributed by atoms with Gasteiger partial charge < -0.3 is 9.52 Å². The minimum Gasteiger partial charge on any atom is -0.481 e. The first kappa shape index (κ1) is 12.4. The average molecular weight is 278 g/mol. The van der Waals surface area contributed by atoms with Crippen molar-refractivity contribution in [1.82, 2.24) is 10.2 Å². The molecule has 0 amide bonds. The molecule has 94 valence electrons. The molecule has 2 rings (SSSR count). The van der Waals surface area contributed by atoms with E-state index in [1.54, 1.807) is 0 Å². The van der Waals surface area contributed by atoms with Gasteiger partial charge >= 0.3 is 5.97 Å². The van der Waals surface area contributed by atoms with Crippen LogP contribution in [0.3, 0.4) is 0 Å². The van der Waals surface area contributed by atoms with Crippen molar-refractivity contribution in [3.8, 4) is 0 Å². The molecule has 9 heteroatoms. The summed E-state index contributed by atoms with van der Waals surface area (Å²) in [6, 6.07) is 0.